The number of carboxylic acids is 1. The average molecular weight is 528 g/mol. The van der Waals surface area contributed by atoms with Crippen LogP contribution >= 0.6 is 15.9 Å². The van der Waals surface area contributed by atoms with Gasteiger partial charge in [0.15, 0.2) is 0 Å². The van der Waals surface area contributed by atoms with E-state index in [4.69, 9.17) is 0 Å². The van der Waals surface area contributed by atoms with Crippen molar-refractivity contribution in [3.8, 4) is 0 Å². The molecular formula is C23H22BrN5O5. The van der Waals surface area contributed by atoms with Crippen molar-refractivity contribution >= 4 is 61.9 Å². The first-order valence-electron chi connectivity index (χ1n) is 10.2. The van der Waals surface area contributed by atoms with E-state index in [1.807, 2.05) is 36.4 Å². The van der Waals surface area contributed by atoms with Gasteiger partial charge in [0.25, 0.3) is 5.91 Å². The Morgan fingerprint density at radius 2 is 1.62 bits per heavy atom. The van der Waals surface area contributed by atoms with Crippen LogP contribution in [0, 0.1) is 0 Å². The third-order valence-corrected chi connectivity index (χ3v) is 5.16. The predicted octanol–water partition coefficient (Wildman–Crippen LogP) is 3.07. The quantitative estimate of drug-likeness (QED) is 0.248. The summed E-state index contributed by atoms with van der Waals surface area (Å²) < 4.78 is 0.587. The van der Waals surface area contributed by atoms with Gasteiger partial charge in [0, 0.05) is 34.2 Å². The first-order chi connectivity index (χ1) is 16.3. The Morgan fingerprint density at radius 3 is 2.41 bits per heavy atom. The molecule has 0 atom stereocenters. The largest absolute Gasteiger partial charge is 0.478 e. The number of hydrazine groups is 1. The molecule has 0 aliphatic carbocycles. The lowest BCUT2D eigenvalue weighted by atomic mass is 10.1. The molecule has 10 nitrogen and oxygen atoms in total. The van der Waals surface area contributed by atoms with Crippen LogP contribution in [0.25, 0.3) is 10.8 Å². The molecule has 0 aliphatic heterocycles. The third-order valence-electron chi connectivity index (χ3n) is 4.67. The number of carbonyl (C=O) groups is 4. The summed E-state index contributed by atoms with van der Waals surface area (Å²) in [6.45, 7) is -0.215. The van der Waals surface area contributed by atoms with Gasteiger partial charge in [-0.05, 0) is 29.7 Å². The highest BCUT2D eigenvalue weighted by Crippen LogP contribution is 2.23. The second-order valence-corrected chi connectivity index (χ2v) is 8.02. The van der Waals surface area contributed by atoms with Crippen LogP contribution in [-0.2, 0) is 9.59 Å². The number of anilines is 2. The van der Waals surface area contributed by atoms with Gasteiger partial charge in [-0.1, -0.05) is 52.3 Å². The first-order valence-corrected chi connectivity index (χ1v) is 11.0. The van der Waals surface area contributed by atoms with Gasteiger partial charge < -0.3 is 21.1 Å². The fourth-order valence-corrected chi connectivity index (χ4v) is 3.44. The minimum Gasteiger partial charge on any atom is -0.478 e. The van der Waals surface area contributed by atoms with Crippen molar-refractivity contribution in [1.29, 1.82) is 0 Å². The number of benzene rings is 3. The molecule has 3 aromatic carbocycles. The van der Waals surface area contributed by atoms with E-state index in [2.05, 4.69) is 42.7 Å². The van der Waals surface area contributed by atoms with Crippen LogP contribution in [0.5, 0.6) is 0 Å². The molecular weight excluding hydrogens is 506 g/mol. The summed E-state index contributed by atoms with van der Waals surface area (Å²) in [5.74, 6) is -2.01. The van der Waals surface area contributed by atoms with E-state index in [1.165, 1.54) is 12.1 Å². The van der Waals surface area contributed by atoms with Crippen molar-refractivity contribution in [1.82, 2.24) is 16.2 Å². The first kappa shape index (κ1) is 24.5. The Bertz CT molecular complexity index is 1230. The highest BCUT2D eigenvalue weighted by molar-refractivity contribution is 9.10. The summed E-state index contributed by atoms with van der Waals surface area (Å²) in [7, 11) is 0. The van der Waals surface area contributed by atoms with Crippen molar-refractivity contribution in [3.63, 3.8) is 0 Å². The van der Waals surface area contributed by atoms with Crippen molar-refractivity contribution in [3.05, 3.63) is 70.7 Å². The number of rotatable bonds is 8. The minimum atomic E-state index is -1.15. The van der Waals surface area contributed by atoms with Crippen LogP contribution in [0.3, 0.4) is 0 Å². The summed E-state index contributed by atoms with van der Waals surface area (Å²) in [6, 6.07) is 17.1. The Labute approximate surface area is 203 Å². The number of aromatic carboxylic acids is 1. The van der Waals surface area contributed by atoms with Crippen LogP contribution in [0.2, 0.25) is 0 Å². The predicted molar refractivity (Wildman–Crippen MR) is 131 cm³/mol. The van der Waals surface area contributed by atoms with Crippen molar-refractivity contribution < 1.29 is 24.3 Å². The topological polar surface area (TPSA) is 149 Å². The van der Waals surface area contributed by atoms with Crippen LogP contribution < -0.4 is 26.8 Å². The van der Waals surface area contributed by atoms with Crippen LogP contribution in [0.15, 0.2) is 65.1 Å². The molecule has 0 aliphatic rings. The normalized spacial score (nSPS) is 10.3. The Kier molecular flexibility index (Phi) is 8.41. The van der Waals surface area contributed by atoms with Gasteiger partial charge in [-0.2, -0.15) is 0 Å². The van der Waals surface area contributed by atoms with E-state index < -0.39 is 17.9 Å². The molecule has 0 heterocycles. The van der Waals surface area contributed by atoms with E-state index in [0.29, 0.717) is 10.2 Å². The van der Waals surface area contributed by atoms with Gasteiger partial charge >= 0.3 is 12.0 Å². The second kappa shape index (κ2) is 11.7. The lowest BCUT2D eigenvalue weighted by Gasteiger charge is -2.12. The van der Waals surface area contributed by atoms with Gasteiger partial charge in [0.2, 0.25) is 5.91 Å². The summed E-state index contributed by atoms with van der Waals surface area (Å²) in [6.07, 6.45) is 0.0354. The maximum Gasteiger partial charge on any atom is 0.337 e. The molecule has 4 amide bonds. The van der Waals surface area contributed by atoms with Crippen LogP contribution in [-0.4, -0.2) is 42.0 Å². The molecule has 34 heavy (non-hydrogen) atoms. The molecule has 0 bridgehead atoms. The van der Waals surface area contributed by atoms with Gasteiger partial charge in [-0.15, -0.1) is 0 Å². The number of hydrogen-bond donors (Lipinski definition) is 6. The number of nitrogens with one attached hydrogen (secondary N) is 5. The maximum atomic E-state index is 12.2. The molecule has 0 saturated carbocycles. The summed E-state index contributed by atoms with van der Waals surface area (Å²) in [4.78, 5) is 47.3. The molecule has 3 rings (SSSR count). The number of urea groups is 1. The van der Waals surface area contributed by atoms with Gasteiger partial charge in [-0.25, -0.2) is 15.0 Å². The number of amides is 4. The van der Waals surface area contributed by atoms with Gasteiger partial charge in [0.05, 0.1) is 12.1 Å². The molecule has 0 unspecified atom stereocenters. The van der Waals surface area contributed by atoms with Crippen LogP contribution in [0.4, 0.5) is 16.2 Å². The zero-order valence-corrected chi connectivity index (χ0v) is 19.4. The fraction of sp³-hybridized carbons (Fsp3) is 0.130. The molecule has 0 fully saturated rings. The van der Waals surface area contributed by atoms with Gasteiger partial charge in [-0.3, -0.25) is 15.0 Å². The summed E-state index contributed by atoms with van der Waals surface area (Å²) in [5, 5.41) is 19.1. The zero-order chi connectivity index (χ0) is 24.5. The molecule has 0 spiro atoms. The van der Waals surface area contributed by atoms with E-state index in [-0.39, 0.29) is 36.7 Å². The lowest BCUT2D eigenvalue weighted by Crippen LogP contribution is -2.49. The second-order valence-electron chi connectivity index (χ2n) is 7.10. The van der Waals surface area contributed by atoms with Crippen LogP contribution in [0.1, 0.15) is 16.8 Å². The average Bonchev–Trinajstić information content (AvgIpc) is 2.82. The zero-order valence-electron chi connectivity index (χ0n) is 17.9. The summed E-state index contributed by atoms with van der Waals surface area (Å²) >= 11 is 3.19. The van der Waals surface area contributed by atoms with Crippen molar-refractivity contribution in [2.75, 3.05) is 23.7 Å². The SMILES string of the molecule is O=C(CNc1ccc(Br)cc1C(=O)O)NNC(=O)NCCC(=O)Nc1cccc2ccccc12. The lowest BCUT2D eigenvalue weighted by molar-refractivity contribution is -0.120. The van der Waals surface area contributed by atoms with E-state index in [9.17, 15) is 24.3 Å². The number of fused-ring (bicyclic) bond motifs is 1. The Hall–Kier alpha value is -4.12. The molecule has 0 aromatic heterocycles. The van der Waals surface area contributed by atoms with Crippen molar-refractivity contribution in [2.24, 2.45) is 0 Å². The fourth-order valence-electron chi connectivity index (χ4n) is 3.07. The number of hydrogen-bond acceptors (Lipinski definition) is 5. The Morgan fingerprint density at radius 1 is 0.853 bits per heavy atom. The molecule has 6 N–H and O–H groups in total. The number of halogens is 1. The van der Waals surface area contributed by atoms with E-state index in [1.54, 1.807) is 12.1 Å². The van der Waals surface area contributed by atoms with Gasteiger partial charge in [0.1, 0.15) is 0 Å². The monoisotopic (exact) mass is 527 g/mol. The maximum absolute atomic E-state index is 12.2. The smallest absolute Gasteiger partial charge is 0.337 e. The Balaban J connectivity index is 1.37. The minimum absolute atomic E-state index is 0.00495. The molecule has 3 aromatic rings. The molecule has 11 heteroatoms. The third kappa shape index (κ3) is 6.94. The van der Waals surface area contributed by atoms with E-state index in [0.717, 1.165) is 10.8 Å². The molecule has 0 radical (unpaired) electrons. The standard InChI is InChI=1S/C23H22BrN5O5/c24-15-8-9-18(17(12-15)22(32)33)26-13-21(31)28-29-23(34)25-11-10-20(30)27-19-7-3-5-14-4-1-2-6-16(14)19/h1-9,12,26H,10-11,13H2,(H,27,30)(H,28,31)(H,32,33)(H2,25,29,34). The summed E-state index contributed by atoms with van der Waals surface area (Å²) in [5.41, 5.74) is 5.29. The van der Waals surface area contributed by atoms with E-state index >= 15 is 0 Å². The molecule has 0 saturated heterocycles. The highest BCUT2D eigenvalue weighted by atomic mass is 79.9. The molecule has 176 valence electrons. The van der Waals surface area contributed by atoms with Crippen molar-refractivity contribution in [2.45, 2.75) is 6.42 Å². The number of carbonyl (C=O) groups excluding carboxylic acids is 3. The highest BCUT2D eigenvalue weighted by Gasteiger charge is 2.12. The number of carboxylic acid groups (broad SMARTS) is 1.